The van der Waals surface area contributed by atoms with Gasteiger partial charge in [-0.3, -0.25) is 9.59 Å². The van der Waals surface area contributed by atoms with E-state index in [2.05, 4.69) is 59.6 Å². The summed E-state index contributed by atoms with van der Waals surface area (Å²) in [7, 11) is 0. The van der Waals surface area contributed by atoms with Gasteiger partial charge in [0.15, 0.2) is 11.5 Å². The van der Waals surface area contributed by atoms with E-state index in [1.807, 2.05) is 37.3 Å². The Morgan fingerprint density at radius 1 is 0.974 bits per heavy atom. The third-order valence-corrected chi connectivity index (χ3v) is 7.64. The molecule has 0 fully saturated rings. The normalized spacial score (nSPS) is 12.4. The average molecular weight is 539 g/mol. The summed E-state index contributed by atoms with van der Waals surface area (Å²) < 4.78 is 0. The van der Waals surface area contributed by atoms with Gasteiger partial charge in [-0.15, -0.1) is 11.3 Å². The van der Waals surface area contributed by atoms with Crippen molar-refractivity contribution >= 4 is 55.8 Å². The van der Waals surface area contributed by atoms with E-state index in [1.165, 1.54) is 29.3 Å². The number of hydrogen-bond acceptors (Lipinski definition) is 7. The smallest absolute Gasteiger partial charge is 0.278 e. The summed E-state index contributed by atoms with van der Waals surface area (Å²) in [5.74, 6) is -0.550. The van der Waals surface area contributed by atoms with Crippen molar-refractivity contribution < 1.29 is 9.59 Å². The van der Waals surface area contributed by atoms with E-state index < -0.39 is 5.91 Å². The number of anilines is 2. The number of rotatable bonds is 6. The van der Waals surface area contributed by atoms with Gasteiger partial charge in [0.25, 0.3) is 11.8 Å². The monoisotopic (exact) mass is 538 g/mol. The van der Waals surface area contributed by atoms with E-state index in [4.69, 9.17) is 10.7 Å². The number of aromatic nitrogens is 3. The molecule has 0 aliphatic rings. The van der Waals surface area contributed by atoms with Crippen molar-refractivity contribution in [1.29, 1.82) is 0 Å². The van der Waals surface area contributed by atoms with Crippen LogP contribution in [0.4, 0.5) is 11.5 Å². The van der Waals surface area contributed by atoms with Gasteiger partial charge in [-0.2, -0.15) is 0 Å². The molecule has 0 unspecified atom stereocenters. The van der Waals surface area contributed by atoms with Gasteiger partial charge in [-0.25, -0.2) is 15.0 Å². The van der Waals surface area contributed by atoms with E-state index in [9.17, 15) is 9.59 Å². The van der Waals surface area contributed by atoms with E-state index >= 15 is 0 Å². The summed E-state index contributed by atoms with van der Waals surface area (Å²) in [5, 5.41) is 7.96. The largest absolute Gasteiger partial charge is 0.382 e. The van der Waals surface area contributed by atoms with Crippen LogP contribution >= 0.6 is 11.3 Å². The van der Waals surface area contributed by atoms with Crippen LogP contribution in [0.1, 0.15) is 71.4 Å². The van der Waals surface area contributed by atoms with Gasteiger partial charge in [0, 0.05) is 28.9 Å². The lowest BCUT2D eigenvalue weighted by atomic mass is 9.86. The maximum absolute atomic E-state index is 13.3. The van der Waals surface area contributed by atoms with Crippen molar-refractivity contribution in [3.05, 3.63) is 88.7 Å². The summed E-state index contributed by atoms with van der Waals surface area (Å²) in [6.07, 6.45) is 3.52. The summed E-state index contributed by atoms with van der Waals surface area (Å²) in [6, 6.07) is 17.5. The molecule has 0 saturated carbocycles. The van der Waals surface area contributed by atoms with E-state index in [1.54, 1.807) is 6.07 Å². The van der Waals surface area contributed by atoms with Crippen molar-refractivity contribution in [3.63, 3.8) is 0 Å². The number of pyridine rings is 1. The zero-order valence-corrected chi connectivity index (χ0v) is 23.1. The molecule has 4 N–H and O–H groups in total. The molecule has 8 nitrogen and oxygen atoms in total. The Labute approximate surface area is 230 Å². The number of fused-ring (bicyclic) bond motifs is 2. The van der Waals surface area contributed by atoms with Gasteiger partial charge in [-0.1, -0.05) is 45.9 Å². The summed E-state index contributed by atoms with van der Waals surface area (Å²) in [6.45, 7) is 8.57. The molecule has 3 heterocycles. The summed E-state index contributed by atoms with van der Waals surface area (Å²) >= 11 is 1.38. The first-order valence-corrected chi connectivity index (χ1v) is 13.6. The van der Waals surface area contributed by atoms with Gasteiger partial charge >= 0.3 is 0 Å². The molecule has 0 radical (unpaired) electrons. The number of thiophene rings is 1. The van der Waals surface area contributed by atoms with Crippen LogP contribution in [0.5, 0.6) is 0 Å². The van der Waals surface area contributed by atoms with Crippen LogP contribution in [0, 0.1) is 0 Å². The number of carbonyl (C=O) groups is 2. The standard InChI is InChI=1S/C30H30N6O2S/c1-5-22(17-7-6-8-21(15-17)34-28(38)25-26(31)33-12-11-32-25)35-27(37)24-16-19-13-18-14-20(30(2,3)4)9-10-23(18)36-29(19)39-24/h6-16,22H,5H2,1-4H3,(H2,31,33)(H,34,38)(H,35,37)/t22-/m1/s1. The highest BCUT2D eigenvalue weighted by molar-refractivity contribution is 7.20. The van der Waals surface area contributed by atoms with Crippen LogP contribution in [-0.2, 0) is 5.41 Å². The predicted molar refractivity (Wildman–Crippen MR) is 157 cm³/mol. The zero-order valence-electron chi connectivity index (χ0n) is 22.3. The number of amides is 2. The Balaban J connectivity index is 1.35. The Kier molecular flexibility index (Phi) is 7.01. The topological polar surface area (TPSA) is 123 Å². The van der Waals surface area contributed by atoms with Gasteiger partial charge in [-0.05, 0) is 59.4 Å². The molecule has 2 amide bonds. The molecule has 0 saturated heterocycles. The van der Waals surface area contributed by atoms with Crippen molar-refractivity contribution in [1.82, 2.24) is 20.3 Å². The van der Waals surface area contributed by atoms with Crippen LogP contribution in [0.2, 0.25) is 0 Å². The summed E-state index contributed by atoms with van der Waals surface area (Å²) in [5.41, 5.74) is 9.48. The minimum Gasteiger partial charge on any atom is -0.382 e. The fourth-order valence-corrected chi connectivity index (χ4v) is 5.34. The minimum absolute atomic E-state index is 0.0428. The van der Waals surface area contributed by atoms with E-state index in [-0.39, 0.29) is 28.9 Å². The molecule has 39 heavy (non-hydrogen) atoms. The van der Waals surface area contributed by atoms with Crippen LogP contribution in [0.25, 0.3) is 21.1 Å². The molecule has 0 bridgehead atoms. The molecule has 198 valence electrons. The maximum atomic E-state index is 13.3. The quantitative estimate of drug-likeness (QED) is 0.235. The van der Waals surface area contributed by atoms with Crippen LogP contribution in [-0.4, -0.2) is 26.8 Å². The highest BCUT2D eigenvalue weighted by Gasteiger charge is 2.19. The average Bonchev–Trinajstić information content (AvgIpc) is 3.32. The van der Waals surface area contributed by atoms with Crippen molar-refractivity contribution in [2.75, 3.05) is 11.1 Å². The second kappa shape index (κ2) is 10.4. The molecule has 2 aromatic carbocycles. The SMILES string of the molecule is CC[C@@H](NC(=O)c1cc2cc3cc(C(C)(C)C)ccc3nc2s1)c1cccc(NC(=O)c2nccnc2N)c1. The second-order valence-electron chi connectivity index (χ2n) is 10.5. The molecular weight excluding hydrogens is 508 g/mol. The summed E-state index contributed by atoms with van der Waals surface area (Å²) in [4.78, 5) is 40.1. The van der Waals surface area contributed by atoms with Crippen LogP contribution in [0.3, 0.4) is 0 Å². The van der Waals surface area contributed by atoms with Gasteiger partial charge in [0.1, 0.15) is 4.83 Å². The number of benzene rings is 2. The fourth-order valence-electron chi connectivity index (χ4n) is 4.41. The molecule has 9 heteroatoms. The molecule has 5 aromatic rings. The van der Waals surface area contributed by atoms with Gasteiger partial charge < -0.3 is 16.4 Å². The minimum atomic E-state index is -0.449. The third-order valence-electron chi connectivity index (χ3n) is 6.59. The van der Waals surface area contributed by atoms with E-state index in [0.717, 1.165) is 26.7 Å². The lowest BCUT2D eigenvalue weighted by Gasteiger charge is -2.19. The Bertz CT molecular complexity index is 1710. The molecule has 3 aromatic heterocycles. The fraction of sp³-hybridized carbons (Fsp3) is 0.233. The van der Waals surface area contributed by atoms with Gasteiger partial charge in [0.2, 0.25) is 0 Å². The Morgan fingerprint density at radius 3 is 2.51 bits per heavy atom. The lowest BCUT2D eigenvalue weighted by molar-refractivity contribution is 0.0938. The number of nitrogens with zero attached hydrogens (tertiary/aromatic N) is 3. The van der Waals surface area contributed by atoms with Crippen molar-refractivity contribution in [2.45, 2.75) is 45.6 Å². The highest BCUT2D eigenvalue weighted by atomic mass is 32.1. The van der Waals surface area contributed by atoms with Crippen molar-refractivity contribution in [2.24, 2.45) is 0 Å². The van der Waals surface area contributed by atoms with Crippen LogP contribution < -0.4 is 16.4 Å². The Morgan fingerprint density at radius 2 is 1.77 bits per heavy atom. The van der Waals surface area contributed by atoms with E-state index in [0.29, 0.717) is 17.0 Å². The van der Waals surface area contributed by atoms with Gasteiger partial charge in [0.05, 0.1) is 16.4 Å². The highest BCUT2D eigenvalue weighted by Crippen LogP contribution is 2.31. The van der Waals surface area contributed by atoms with Crippen LogP contribution in [0.15, 0.2) is 67.0 Å². The first kappa shape index (κ1) is 26.2. The van der Waals surface area contributed by atoms with Crippen molar-refractivity contribution in [3.8, 4) is 0 Å². The predicted octanol–water partition coefficient (Wildman–Crippen LogP) is 6.25. The maximum Gasteiger partial charge on any atom is 0.278 e. The Hall–Kier alpha value is -4.37. The number of nitrogen functional groups attached to an aromatic ring is 1. The molecule has 0 spiro atoms. The molecule has 5 rings (SSSR count). The first-order valence-electron chi connectivity index (χ1n) is 12.8. The molecular formula is C30H30N6O2S. The number of hydrogen-bond donors (Lipinski definition) is 3. The molecule has 0 aliphatic carbocycles. The zero-order chi connectivity index (χ0) is 27.7. The lowest BCUT2D eigenvalue weighted by Crippen LogP contribution is -2.27. The molecule has 1 atom stereocenters. The second-order valence-corrected chi connectivity index (χ2v) is 11.5. The molecule has 0 aliphatic heterocycles. The first-order chi connectivity index (χ1) is 18.6. The number of carbonyl (C=O) groups excluding carboxylic acids is 2. The number of nitrogens with two attached hydrogens (primary N) is 1. The number of nitrogens with one attached hydrogen (secondary N) is 2. The third kappa shape index (κ3) is 5.58.